The Labute approximate surface area is 202 Å². The number of nitrogens with two attached hydrogens (primary N) is 1. The number of benzene rings is 2. The van der Waals surface area contributed by atoms with Gasteiger partial charge >= 0.3 is 0 Å². The van der Waals surface area contributed by atoms with E-state index in [1.165, 1.54) is 24.3 Å². The molecule has 182 valence electrons. The maximum absolute atomic E-state index is 14.0. The fraction of sp³-hybridized carbons (Fsp3) is 0.360. The second kappa shape index (κ2) is 7.30. The number of fused-ring (bicyclic) bond motifs is 6. The quantitative estimate of drug-likeness (QED) is 0.558. The molecular formula is C25H25FN4O4S. The molecule has 2 saturated carbocycles. The van der Waals surface area contributed by atoms with Crippen molar-refractivity contribution in [2.45, 2.75) is 43.2 Å². The second-order valence-electron chi connectivity index (χ2n) is 10.0. The summed E-state index contributed by atoms with van der Waals surface area (Å²) in [6.45, 7) is 2.21. The largest absolute Gasteiger partial charge is 0.511 e. The molecule has 35 heavy (non-hydrogen) atoms. The highest BCUT2D eigenvalue weighted by atomic mass is 32.2. The third kappa shape index (κ3) is 3.12. The van der Waals surface area contributed by atoms with Crippen molar-refractivity contribution >= 4 is 33.1 Å². The fourth-order valence-corrected chi connectivity index (χ4v) is 7.77. The Bertz CT molecular complexity index is 1440. The molecule has 8 nitrogen and oxygen atoms in total. The number of carbonyl (C=O) groups is 1. The summed E-state index contributed by atoms with van der Waals surface area (Å²) >= 11 is 0. The first-order valence-corrected chi connectivity index (χ1v) is 13.0. The van der Waals surface area contributed by atoms with E-state index in [1.807, 2.05) is 6.92 Å². The molecule has 2 bridgehead atoms. The van der Waals surface area contributed by atoms with Crippen LogP contribution in [-0.2, 0) is 21.4 Å². The number of nitrogens with one attached hydrogen (secondary N) is 1. The summed E-state index contributed by atoms with van der Waals surface area (Å²) < 4.78 is 43.3. The average molecular weight is 497 g/mol. The minimum absolute atomic E-state index is 0.0856. The van der Waals surface area contributed by atoms with Crippen molar-refractivity contribution in [1.82, 2.24) is 4.90 Å². The van der Waals surface area contributed by atoms with Gasteiger partial charge < -0.3 is 21.1 Å². The Morgan fingerprint density at radius 3 is 2.71 bits per heavy atom. The van der Waals surface area contributed by atoms with Crippen LogP contribution in [0.2, 0.25) is 0 Å². The number of rotatable bonds is 3. The molecule has 0 aromatic heterocycles. The molecule has 6 rings (SSSR count). The van der Waals surface area contributed by atoms with Crippen LogP contribution in [0.3, 0.4) is 0 Å². The van der Waals surface area contributed by atoms with E-state index < -0.39 is 21.5 Å². The summed E-state index contributed by atoms with van der Waals surface area (Å²) in [5.74, 6) is -1.13. The molecule has 2 aliphatic heterocycles. The minimum Gasteiger partial charge on any atom is -0.511 e. The maximum Gasteiger partial charge on any atom is 0.286 e. The Morgan fingerprint density at radius 1 is 1.23 bits per heavy atom. The zero-order chi connectivity index (χ0) is 24.7. The molecule has 2 aliphatic carbocycles. The van der Waals surface area contributed by atoms with E-state index in [0.29, 0.717) is 0 Å². The summed E-state index contributed by atoms with van der Waals surface area (Å²) in [4.78, 5) is 15.6. The number of amidine groups is 1. The fourth-order valence-electron chi connectivity index (χ4n) is 6.61. The standard InChI is InChI=1S/C25H25FN4O4S/c1-25-15-5-4-14(10-15)21(25)22(31)20(24(32)30(25)12-13-2-6-16(26)7-3-13)23-28-18-9-8-17(27)11-19(18)35(33,34)29-23/h2-3,6-9,11,14-15,21,31H,4-5,10,12,27H2,1H3,(H,28,29)/t14-,15+,21-,25-/m0/s1. The number of sulfonamides is 1. The normalized spacial score (nSPS) is 30.6. The number of amides is 1. The van der Waals surface area contributed by atoms with Crippen LogP contribution in [0.15, 0.2) is 63.1 Å². The van der Waals surface area contributed by atoms with E-state index in [4.69, 9.17) is 5.73 Å². The first-order chi connectivity index (χ1) is 16.6. The summed E-state index contributed by atoms with van der Waals surface area (Å²) in [6, 6.07) is 10.3. The number of aliphatic hydroxyl groups is 1. The molecule has 2 heterocycles. The number of nitrogen functional groups attached to an aromatic ring is 1. The van der Waals surface area contributed by atoms with Gasteiger partial charge in [0, 0.05) is 18.2 Å². The van der Waals surface area contributed by atoms with Gasteiger partial charge in [-0.25, -0.2) is 4.39 Å². The van der Waals surface area contributed by atoms with Crippen LogP contribution in [0.5, 0.6) is 0 Å². The van der Waals surface area contributed by atoms with Gasteiger partial charge in [-0.3, -0.25) is 4.79 Å². The average Bonchev–Trinajstić information content (AvgIpc) is 3.39. The van der Waals surface area contributed by atoms with Gasteiger partial charge in [0.15, 0.2) is 5.84 Å². The van der Waals surface area contributed by atoms with Crippen molar-refractivity contribution in [3.8, 4) is 0 Å². The highest BCUT2D eigenvalue weighted by molar-refractivity contribution is 7.90. The van der Waals surface area contributed by atoms with Crippen molar-refractivity contribution in [1.29, 1.82) is 0 Å². The maximum atomic E-state index is 14.0. The molecular weight excluding hydrogens is 471 g/mol. The van der Waals surface area contributed by atoms with Gasteiger partial charge in [0.25, 0.3) is 15.9 Å². The lowest BCUT2D eigenvalue weighted by molar-refractivity contribution is -0.141. The highest BCUT2D eigenvalue weighted by Gasteiger charge is 2.64. The number of hydrogen-bond donors (Lipinski definition) is 3. The molecule has 4 N–H and O–H groups in total. The molecule has 1 amide bonds. The smallest absolute Gasteiger partial charge is 0.286 e. The molecule has 0 saturated heterocycles. The Hall–Kier alpha value is -3.40. The number of hydrogen-bond acceptors (Lipinski definition) is 6. The molecule has 0 spiro atoms. The van der Waals surface area contributed by atoms with Gasteiger partial charge in [-0.05, 0) is 73.9 Å². The van der Waals surface area contributed by atoms with Gasteiger partial charge in [-0.2, -0.15) is 8.42 Å². The van der Waals surface area contributed by atoms with Gasteiger partial charge in [-0.1, -0.05) is 12.1 Å². The van der Waals surface area contributed by atoms with E-state index in [-0.39, 0.29) is 63.6 Å². The van der Waals surface area contributed by atoms with E-state index in [2.05, 4.69) is 9.71 Å². The van der Waals surface area contributed by atoms with Crippen molar-refractivity contribution in [2.75, 3.05) is 11.1 Å². The molecule has 2 aromatic carbocycles. The molecule has 2 fully saturated rings. The minimum atomic E-state index is -4.15. The first-order valence-electron chi connectivity index (χ1n) is 11.6. The highest BCUT2D eigenvalue weighted by Crippen LogP contribution is 2.61. The van der Waals surface area contributed by atoms with Crippen molar-refractivity contribution in [2.24, 2.45) is 22.2 Å². The van der Waals surface area contributed by atoms with E-state index in [1.54, 1.807) is 23.1 Å². The number of aliphatic hydroxyl groups excluding tert-OH is 1. The van der Waals surface area contributed by atoms with Gasteiger partial charge in [-0.15, -0.1) is 4.40 Å². The van der Waals surface area contributed by atoms with Crippen LogP contribution >= 0.6 is 0 Å². The zero-order valence-corrected chi connectivity index (χ0v) is 19.8. The third-order valence-corrected chi connectivity index (χ3v) is 9.55. The van der Waals surface area contributed by atoms with E-state index >= 15 is 0 Å². The Balaban J connectivity index is 1.48. The number of anilines is 2. The number of carbonyl (C=O) groups excluding carboxylic acids is 1. The second-order valence-corrected chi connectivity index (χ2v) is 11.6. The topological polar surface area (TPSA) is 125 Å². The lowest BCUT2D eigenvalue weighted by atomic mass is 9.68. The summed E-state index contributed by atoms with van der Waals surface area (Å²) in [7, 11) is -4.15. The van der Waals surface area contributed by atoms with Crippen molar-refractivity contribution < 1.29 is 22.7 Å². The third-order valence-electron chi connectivity index (χ3n) is 8.23. The van der Waals surface area contributed by atoms with Crippen molar-refractivity contribution in [3.05, 3.63) is 65.2 Å². The predicted molar refractivity (Wildman–Crippen MR) is 128 cm³/mol. The molecule has 10 heteroatoms. The van der Waals surface area contributed by atoms with Crippen LogP contribution in [0.1, 0.15) is 31.7 Å². The van der Waals surface area contributed by atoms with Crippen LogP contribution in [0.25, 0.3) is 0 Å². The molecule has 0 radical (unpaired) electrons. The lowest BCUT2D eigenvalue weighted by Gasteiger charge is -2.52. The predicted octanol–water partition coefficient (Wildman–Crippen LogP) is 3.58. The summed E-state index contributed by atoms with van der Waals surface area (Å²) in [5.41, 5.74) is 6.25. The van der Waals surface area contributed by atoms with Gasteiger partial charge in [0.1, 0.15) is 22.0 Å². The molecule has 4 atom stereocenters. The molecule has 0 unspecified atom stereocenters. The van der Waals surface area contributed by atoms with Gasteiger partial charge in [0.2, 0.25) is 0 Å². The first kappa shape index (κ1) is 22.1. The summed E-state index contributed by atoms with van der Waals surface area (Å²) in [5, 5.41) is 14.4. The molecule has 4 aliphatic rings. The van der Waals surface area contributed by atoms with Crippen LogP contribution in [-0.4, -0.2) is 35.7 Å². The lowest BCUT2D eigenvalue weighted by Crippen LogP contribution is -2.61. The number of nitrogens with zero attached hydrogens (tertiary/aromatic N) is 2. The van der Waals surface area contributed by atoms with Crippen molar-refractivity contribution in [3.63, 3.8) is 0 Å². The SMILES string of the molecule is C[C@]12[C@@H]3CC[C@@H](C3)[C@H]1C(O)=C(C1=NS(=O)(=O)c3cc(N)ccc3N1)C(=O)N2Cc1ccc(F)cc1. The van der Waals surface area contributed by atoms with Crippen LogP contribution < -0.4 is 11.1 Å². The summed E-state index contributed by atoms with van der Waals surface area (Å²) in [6.07, 6.45) is 2.77. The van der Waals surface area contributed by atoms with Crippen LogP contribution in [0.4, 0.5) is 15.8 Å². The van der Waals surface area contributed by atoms with Crippen LogP contribution in [0, 0.1) is 23.6 Å². The van der Waals surface area contributed by atoms with Gasteiger partial charge in [0.05, 0.1) is 11.2 Å². The van der Waals surface area contributed by atoms with E-state index in [9.17, 15) is 22.7 Å². The Morgan fingerprint density at radius 2 is 1.97 bits per heavy atom. The number of halogens is 1. The zero-order valence-electron chi connectivity index (χ0n) is 19.0. The van der Waals surface area contributed by atoms with E-state index in [0.717, 1.165) is 24.8 Å². The Kier molecular flexibility index (Phi) is 4.61. The monoisotopic (exact) mass is 496 g/mol. The molecule has 2 aromatic rings.